The fourth-order valence-corrected chi connectivity index (χ4v) is 3.24. The molecule has 0 unspecified atom stereocenters. The van der Waals surface area contributed by atoms with E-state index in [-0.39, 0.29) is 24.4 Å². The maximum absolute atomic E-state index is 12.4. The van der Waals surface area contributed by atoms with Crippen LogP contribution in [0.25, 0.3) is 0 Å². The molecule has 0 aromatic heterocycles. The van der Waals surface area contributed by atoms with Gasteiger partial charge >= 0.3 is 0 Å². The Morgan fingerprint density at radius 2 is 1.78 bits per heavy atom. The van der Waals surface area contributed by atoms with Gasteiger partial charge in [-0.3, -0.25) is 9.59 Å². The lowest BCUT2D eigenvalue weighted by Gasteiger charge is -2.34. The van der Waals surface area contributed by atoms with Crippen LogP contribution in [0.3, 0.4) is 0 Å². The maximum Gasteiger partial charge on any atom is 0.242 e. The van der Waals surface area contributed by atoms with Crippen molar-refractivity contribution in [3.8, 4) is 0 Å². The number of piperidine rings is 1. The summed E-state index contributed by atoms with van der Waals surface area (Å²) < 4.78 is 0. The zero-order chi connectivity index (χ0) is 16.8. The molecule has 23 heavy (non-hydrogen) atoms. The standard InChI is InChI=1S/C19H28N2O2/c1-15(2)21(16(3)22)14-19(23)20-11-9-18(10-12-20)13-17-7-5-4-6-8-17/h4-8,15,18H,9-14H2,1-3H3. The van der Waals surface area contributed by atoms with Gasteiger partial charge in [0, 0.05) is 26.1 Å². The molecule has 1 fully saturated rings. The second-order valence-corrected chi connectivity index (χ2v) is 6.75. The van der Waals surface area contributed by atoms with Gasteiger partial charge in [0.05, 0.1) is 6.54 Å². The van der Waals surface area contributed by atoms with E-state index in [1.807, 2.05) is 24.8 Å². The largest absolute Gasteiger partial charge is 0.341 e. The van der Waals surface area contributed by atoms with Crippen LogP contribution in [0.5, 0.6) is 0 Å². The molecular weight excluding hydrogens is 288 g/mol. The molecule has 0 saturated carbocycles. The lowest BCUT2D eigenvalue weighted by atomic mass is 9.90. The van der Waals surface area contributed by atoms with Crippen molar-refractivity contribution < 1.29 is 9.59 Å². The molecule has 1 heterocycles. The molecule has 0 aliphatic carbocycles. The molecule has 4 nitrogen and oxygen atoms in total. The molecule has 1 saturated heterocycles. The number of benzene rings is 1. The normalized spacial score (nSPS) is 15.7. The molecule has 1 aromatic rings. The predicted molar refractivity (Wildman–Crippen MR) is 92.0 cm³/mol. The number of carbonyl (C=O) groups excluding carboxylic acids is 2. The quantitative estimate of drug-likeness (QED) is 0.838. The average Bonchev–Trinajstić information content (AvgIpc) is 2.53. The summed E-state index contributed by atoms with van der Waals surface area (Å²) in [5.41, 5.74) is 1.37. The van der Waals surface area contributed by atoms with Gasteiger partial charge in [0.1, 0.15) is 0 Å². The number of likely N-dealkylation sites (tertiary alicyclic amines) is 1. The van der Waals surface area contributed by atoms with Crippen molar-refractivity contribution in [2.24, 2.45) is 5.92 Å². The van der Waals surface area contributed by atoms with Crippen LogP contribution in [0.1, 0.15) is 39.2 Å². The van der Waals surface area contributed by atoms with Crippen molar-refractivity contribution in [3.63, 3.8) is 0 Å². The minimum atomic E-state index is -0.0349. The predicted octanol–water partition coefficient (Wildman–Crippen LogP) is 2.72. The number of hydrogen-bond donors (Lipinski definition) is 0. The Hall–Kier alpha value is -1.84. The van der Waals surface area contributed by atoms with E-state index in [9.17, 15) is 9.59 Å². The van der Waals surface area contributed by atoms with E-state index in [1.165, 1.54) is 12.5 Å². The van der Waals surface area contributed by atoms with Gasteiger partial charge in [0.25, 0.3) is 0 Å². The van der Waals surface area contributed by atoms with Gasteiger partial charge in [-0.2, -0.15) is 0 Å². The highest BCUT2D eigenvalue weighted by molar-refractivity contribution is 5.84. The summed E-state index contributed by atoms with van der Waals surface area (Å²) in [5.74, 6) is 0.690. The fourth-order valence-electron chi connectivity index (χ4n) is 3.24. The van der Waals surface area contributed by atoms with Crippen LogP contribution in [-0.2, 0) is 16.0 Å². The van der Waals surface area contributed by atoms with Crippen LogP contribution in [0, 0.1) is 5.92 Å². The molecule has 0 atom stereocenters. The van der Waals surface area contributed by atoms with E-state index in [0.29, 0.717) is 5.92 Å². The number of hydrogen-bond acceptors (Lipinski definition) is 2. The highest BCUT2D eigenvalue weighted by Gasteiger charge is 2.25. The highest BCUT2D eigenvalue weighted by atomic mass is 16.2. The molecule has 2 rings (SSSR count). The molecule has 126 valence electrons. The lowest BCUT2D eigenvalue weighted by molar-refractivity contribution is -0.141. The monoisotopic (exact) mass is 316 g/mol. The van der Waals surface area contributed by atoms with Crippen molar-refractivity contribution >= 4 is 11.8 Å². The average molecular weight is 316 g/mol. The Bertz CT molecular complexity index is 519. The second kappa shape index (κ2) is 8.14. The Morgan fingerprint density at radius 3 is 2.30 bits per heavy atom. The molecule has 0 N–H and O–H groups in total. The summed E-state index contributed by atoms with van der Waals surface area (Å²) in [7, 11) is 0. The Labute approximate surface area is 139 Å². The molecule has 1 aliphatic rings. The molecule has 0 bridgehead atoms. The summed E-state index contributed by atoms with van der Waals surface area (Å²) in [6, 6.07) is 10.6. The van der Waals surface area contributed by atoms with E-state index >= 15 is 0 Å². The molecular formula is C19H28N2O2. The van der Waals surface area contributed by atoms with E-state index in [1.54, 1.807) is 4.90 Å². The van der Waals surface area contributed by atoms with E-state index in [0.717, 1.165) is 32.4 Å². The van der Waals surface area contributed by atoms with Crippen LogP contribution in [0.2, 0.25) is 0 Å². The van der Waals surface area contributed by atoms with Gasteiger partial charge in [-0.15, -0.1) is 0 Å². The SMILES string of the molecule is CC(=O)N(CC(=O)N1CCC(Cc2ccccc2)CC1)C(C)C. The van der Waals surface area contributed by atoms with Gasteiger partial charge in [-0.25, -0.2) is 0 Å². The van der Waals surface area contributed by atoms with Gasteiger partial charge in [-0.1, -0.05) is 30.3 Å². The van der Waals surface area contributed by atoms with E-state index < -0.39 is 0 Å². The molecule has 1 aliphatic heterocycles. The van der Waals surface area contributed by atoms with Crippen molar-refractivity contribution in [1.29, 1.82) is 0 Å². The molecule has 4 heteroatoms. The summed E-state index contributed by atoms with van der Waals surface area (Å²) in [4.78, 5) is 27.6. The molecule has 0 spiro atoms. The van der Waals surface area contributed by atoms with Crippen molar-refractivity contribution in [3.05, 3.63) is 35.9 Å². The minimum Gasteiger partial charge on any atom is -0.341 e. The third-order valence-electron chi connectivity index (χ3n) is 4.67. The zero-order valence-electron chi connectivity index (χ0n) is 14.5. The third-order valence-corrected chi connectivity index (χ3v) is 4.67. The van der Waals surface area contributed by atoms with Gasteiger partial charge < -0.3 is 9.80 Å². The zero-order valence-corrected chi connectivity index (χ0v) is 14.5. The van der Waals surface area contributed by atoms with Crippen LogP contribution in [0.15, 0.2) is 30.3 Å². The first-order valence-corrected chi connectivity index (χ1v) is 8.56. The van der Waals surface area contributed by atoms with Crippen LogP contribution >= 0.6 is 0 Å². The Kier molecular flexibility index (Phi) is 6.20. The molecule has 1 aromatic carbocycles. The van der Waals surface area contributed by atoms with Gasteiger partial charge in [-0.05, 0) is 44.6 Å². The second-order valence-electron chi connectivity index (χ2n) is 6.75. The van der Waals surface area contributed by atoms with Crippen LogP contribution in [-0.4, -0.2) is 47.3 Å². The first-order chi connectivity index (χ1) is 11.0. The van der Waals surface area contributed by atoms with Crippen LogP contribution < -0.4 is 0 Å². The number of amides is 2. The third kappa shape index (κ3) is 5.08. The topological polar surface area (TPSA) is 40.6 Å². The van der Waals surface area contributed by atoms with Crippen molar-refractivity contribution in [1.82, 2.24) is 9.80 Å². The van der Waals surface area contributed by atoms with Crippen LogP contribution in [0.4, 0.5) is 0 Å². The maximum atomic E-state index is 12.4. The number of rotatable bonds is 5. The minimum absolute atomic E-state index is 0.0349. The van der Waals surface area contributed by atoms with Crippen molar-refractivity contribution in [2.45, 2.75) is 46.1 Å². The summed E-state index contributed by atoms with van der Waals surface area (Å²) in [6.07, 6.45) is 3.18. The Morgan fingerprint density at radius 1 is 1.17 bits per heavy atom. The number of carbonyl (C=O) groups is 2. The fraction of sp³-hybridized carbons (Fsp3) is 0.579. The lowest BCUT2D eigenvalue weighted by Crippen LogP contribution is -2.47. The van der Waals surface area contributed by atoms with Gasteiger partial charge in [0.15, 0.2) is 0 Å². The summed E-state index contributed by atoms with van der Waals surface area (Å²) in [6.45, 7) is 7.23. The smallest absolute Gasteiger partial charge is 0.242 e. The first kappa shape index (κ1) is 17.5. The van der Waals surface area contributed by atoms with Crippen molar-refractivity contribution in [2.75, 3.05) is 19.6 Å². The van der Waals surface area contributed by atoms with E-state index in [4.69, 9.17) is 0 Å². The highest BCUT2D eigenvalue weighted by Crippen LogP contribution is 2.21. The Balaban J connectivity index is 1.81. The summed E-state index contributed by atoms with van der Waals surface area (Å²) in [5, 5.41) is 0. The first-order valence-electron chi connectivity index (χ1n) is 8.56. The molecule has 2 amide bonds. The van der Waals surface area contributed by atoms with Gasteiger partial charge in [0.2, 0.25) is 11.8 Å². The van der Waals surface area contributed by atoms with E-state index in [2.05, 4.69) is 24.3 Å². The summed E-state index contributed by atoms with van der Waals surface area (Å²) >= 11 is 0. The number of nitrogens with zero attached hydrogens (tertiary/aromatic N) is 2. The molecule has 0 radical (unpaired) electrons.